The molecule has 0 aliphatic heterocycles. The van der Waals surface area contributed by atoms with Crippen molar-refractivity contribution in [2.24, 2.45) is 0 Å². The van der Waals surface area contributed by atoms with Gasteiger partial charge in [0.2, 0.25) is 0 Å². The van der Waals surface area contributed by atoms with Crippen molar-refractivity contribution < 1.29 is 14.2 Å². The van der Waals surface area contributed by atoms with Crippen LogP contribution < -0.4 is 14.8 Å². The third-order valence-electron chi connectivity index (χ3n) is 2.65. The monoisotopic (exact) mass is 331 g/mol. The minimum Gasteiger partial charge on any atom is -0.493 e. The van der Waals surface area contributed by atoms with Crippen LogP contribution in [0.15, 0.2) is 16.6 Å². The van der Waals surface area contributed by atoms with E-state index in [-0.39, 0.29) is 0 Å². The molecule has 1 rings (SSSR count). The van der Waals surface area contributed by atoms with E-state index >= 15 is 0 Å². The first kappa shape index (κ1) is 16.3. The standard InChI is InChI=1S/C14H22BrNO3/c1-4-19-14-8-11(10-16-6-5-7-17-2)12(15)9-13(14)18-3/h8-9,16H,4-7,10H2,1-3H3. The molecule has 0 bridgehead atoms. The molecular weight excluding hydrogens is 310 g/mol. The first-order valence-electron chi connectivity index (χ1n) is 6.41. The molecule has 0 heterocycles. The molecule has 1 N–H and O–H groups in total. The minimum absolute atomic E-state index is 0.624. The smallest absolute Gasteiger partial charge is 0.161 e. The maximum Gasteiger partial charge on any atom is 0.161 e. The highest BCUT2D eigenvalue weighted by Crippen LogP contribution is 2.33. The van der Waals surface area contributed by atoms with Gasteiger partial charge in [0.25, 0.3) is 0 Å². The Balaban J connectivity index is 2.64. The predicted molar refractivity (Wildman–Crippen MR) is 80.1 cm³/mol. The molecule has 0 fully saturated rings. The number of nitrogens with one attached hydrogen (secondary N) is 1. The Morgan fingerprint density at radius 2 is 2.00 bits per heavy atom. The van der Waals surface area contributed by atoms with Crippen LogP contribution in [-0.4, -0.2) is 34.0 Å². The molecule has 4 nitrogen and oxygen atoms in total. The SMILES string of the molecule is CCOc1cc(CNCCCOC)c(Br)cc1OC. The Labute approximate surface area is 123 Å². The summed E-state index contributed by atoms with van der Waals surface area (Å²) >= 11 is 3.56. The van der Waals surface area contributed by atoms with Gasteiger partial charge < -0.3 is 19.5 Å². The van der Waals surface area contributed by atoms with Gasteiger partial charge in [-0.05, 0) is 37.6 Å². The molecule has 108 valence electrons. The van der Waals surface area contributed by atoms with Gasteiger partial charge in [0.15, 0.2) is 11.5 Å². The quantitative estimate of drug-likeness (QED) is 0.706. The zero-order valence-corrected chi connectivity index (χ0v) is 13.4. The van der Waals surface area contributed by atoms with Gasteiger partial charge in [0.05, 0.1) is 13.7 Å². The fourth-order valence-electron chi connectivity index (χ4n) is 1.71. The fourth-order valence-corrected chi connectivity index (χ4v) is 2.17. The predicted octanol–water partition coefficient (Wildman–Crippen LogP) is 2.98. The minimum atomic E-state index is 0.624. The van der Waals surface area contributed by atoms with Crippen LogP contribution in [0.25, 0.3) is 0 Å². The molecule has 0 aromatic heterocycles. The van der Waals surface area contributed by atoms with E-state index in [4.69, 9.17) is 14.2 Å². The molecule has 1 aromatic carbocycles. The molecule has 0 unspecified atom stereocenters. The Bertz CT molecular complexity index is 385. The van der Waals surface area contributed by atoms with E-state index in [1.807, 2.05) is 19.1 Å². The average molecular weight is 332 g/mol. The number of methoxy groups -OCH3 is 2. The average Bonchev–Trinajstić information content (AvgIpc) is 2.41. The number of halogens is 1. The van der Waals surface area contributed by atoms with Gasteiger partial charge in [-0.1, -0.05) is 15.9 Å². The van der Waals surface area contributed by atoms with Crippen LogP contribution in [0.5, 0.6) is 11.5 Å². The van der Waals surface area contributed by atoms with Crippen LogP contribution >= 0.6 is 15.9 Å². The molecule has 5 heteroatoms. The van der Waals surface area contributed by atoms with Crippen molar-refractivity contribution in [3.63, 3.8) is 0 Å². The third-order valence-corrected chi connectivity index (χ3v) is 3.39. The van der Waals surface area contributed by atoms with E-state index in [2.05, 4.69) is 21.2 Å². The summed E-state index contributed by atoms with van der Waals surface area (Å²) in [5.74, 6) is 1.53. The maximum atomic E-state index is 5.57. The summed E-state index contributed by atoms with van der Waals surface area (Å²) in [5.41, 5.74) is 1.15. The van der Waals surface area contributed by atoms with Crippen molar-refractivity contribution in [1.82, 2.24) is 5.32 Å². The second-order valence-corrected chi connectivity index (χ2v) is 4.90. The highest BCUT2D eigenvalue weighted by Gasteiger charge is 2.09. The maximum absolute atomic E-state index is 5.57. The van der Waals surface area contributed by atoms with Gasteiger partial charge in [-0.25, -0.2) is 0 Å². The summed E-state index contributed by atoms with van der Waals surface area (Å²) in [5, 5.41) is 3.38. The lowest BCUT2D eigenvalue weighted by molar-refractivity contribution is 0.194. The summed E-state index contributed by atoms with van der Waals surface area (Å²) in [6, 6.07) is 3.95. The van der Waals surface area contributed by atoms with Gasteiger partial charge in [-0.3, -0.25) is 0 Å². The molecule has 0 aliphatic carbocycles. The molecular formula is C14H22BrNO3. The molecule has 0 atom stereocenters. The third kappa shape index (κ3) is 5.38. The molecule has 19 heavy (non-hydrogen) atoms. The molecule has 0 radical (unpaired) electrons. The lowest BCUT2D eigenvalue weighted by atomic mass is 10.2. The van der Waals surface area contributed by atoms with Crippen molar-refractivity contribution in [2.45, 2.75) is 19.9 Å². The zero-order valence-electron chi connectivity index (χ0n) is 11.8. The Hall–Kier alpha value is -0.780. The largest absolute Gasteiger partial charge is 0.493 e. The first-order chi connectivity index (χ1) is 9.22. The Morgan fingerprint density at radius 3 is 2.63 bits per heavy atom. The van der Waals surface area contributed by atoms with Crippen molar-refractivity contribution in [3.05, 3.63) is 22.2 Å². The van der Waals surface area contributed by atoms with E-state index < -0.39 is 0 Å². The van der Waals surface area contributed by atoms with Crippen LogP contribution in [0.3, 0.4) is 0 Å². The highest BCUT2D eigenvalue weighted by molar-refractivity contribution is 9.10. The van der Waals surface area contributed by atoms with Crippen LogP contribution in [0, 0.1) is 0 Å². The second-order valence-electron chi connectivity index (χ2n) is 4.05. The van der Waals surface area contributed by atoms with Crippen LogP contribution in [0.4, 0.5) is 0 Å². The van der Waals surface area contributed by atoms with E-state index in [1.54, 1.807) is 14.2 Å². The Kier molecular flexibility index (Phi) is 7.86. The van der Waals surface area contributed by atoms with Crippen molar-refractivity contribution >= 4 is 15.9 Å². The first-order valence-corrected chi connectivity index (χ1v) is 7.21. The van der Waals surface area contributed by atoms with Crippen LogP contribution in [0.1, 0.15) is 18.9 Å². The van der Waals surface area contributed by atoms with Gasteiger partial charge in [0, 0.05) is 24.7 Å². The number of hydrogen-bond acceptors (Lipinski definition) is 4. The van der Waals surface area contributed by atoms with Crippen LogP contribution in [-0.2, 0) is 11.3 Å². The number of rotatable bonds is 9. The molecule has 0 saturated carbocycles. The number of benzene rings is 1. The van der Waals surface area contributed by atoms with Crippen molar-refractivity contribution in [1.29, 1.82) is 0 Å². The second kappa shape index (κ2) is 9.18. The number of ether oxygens (including phenoxy) is 3. The summed E-state index contributed by atoms with van der Waals surface area (Å²) in [4.78, 5) is 0. The van der Waals surface area contributed by atoms with E-state index in [9.17, 15) is 0 Å². The molecule has 0 amide bonds. The summed E-state index contributed by atoms with van der Waals surface area (Å²) in [7, 11) is 3.36. The van der Waals surface area contributed by atoms with Gasteiger partial charge >= 0.3 is 0 Å². The summed E-state index contributed by atoms with van der Waals surface area (Å²) in [6.45, 7) is 5.08. The lowest BCUT2D eigenvalue weighted by Crippen LogP contribution is -2.16. The molecule has 0 saturated heterocycles. The van der Waals surface area contributed by atoms with Crippen LogP contribution in [0.2, 0.25) is 0 Å². The van der Waals surface area contributed by atoms with E-state index in [0.717, 1.165) is 47.7 Å². The number of hydrogen-bond donors (Lipinski definition) is 1. The highest BCUT2D eigenvalue weighted by atomic mass is 79.9. The Morgan fingerprint density at radius 1 is 1.21 bits per heavy atom. The van der Waals surface area contributed by atoms with Crippen molar-refractivity contribution in [3.8, 4) is 11.5 Å². The topological polar surface area (TPSA) is 39.7 Å². The van der Waals surface area contributed by atoms with Gasteiger partial charge in [-0.2, -0.15) is 0 Å². The normalized spacial score (nSPS) is 10.5. The molecule has 0 aliphatic rings. The van der Waals surface area contributed by atoms with E-state index in [0.29, 0.717) is 6.61 Å². The fraction of sp³-hybridized carbons (Fsp3) is 0.571. The molecule has 1 aromatic rings. The summed E-state index contributed by atoms with van der Waals surface area (Å²) in [6.07, 6.45) is 1.00. The molecule has 0 spiro atoms. The van der Waals surface area contributed by atoms with Gasteiger partial charge in [0.1, 0.15) is 0 Å². The lowest BCUT2D eigenvalue weighted by Gasteiger charge is -2.13. The summed E-state index contributed by atoms with van der Waals surface area (Å²) < 4.78 is 16.9. The van der Waals surface area contributed by atoms with E-state index in [1.165, 1.54) is 0 Å². The van der Waals surface area contributed by atoms with Crippen molar-refractivity contribution in [2.75, 3.05) is 34.0 Å². The van der Waals surface area contributed by atoms with Gasteiger partial charge in [-0.15, -0.1) is 0 Å². The zero-order chi connectivity index (χ0) is 14.1.